The first-order chi connectivity index (χ1) is 29.0. The van der Waals surface area contributed by atoms with Crippen molar-refractivity contribution in [3.8, 4) is 0 Å². The Kier molecular flexibility index (Phi) is 41.7. The highest BCUT2D eigenvalue weighted by atomic mass is 31.2. The number of phosphoric acid groups is 1. The molecule has 0 aromatic heterocycles. The van der Waals surface area contributed by atoms with Crippen molar-refractivity contribution in [2.24, 2.45) is 0 Å². The maximum atomic E-state index is 12.7. The van der Waals surface area contributed by atoms with Gasteiger partial charge in [0.05, 0.1) is 27.7 Å². The van der Waals surface area contributed by atoms with Crippen LogP contribution in [0.15, 0.2) is 24.3 Å². The molecule has 354 valence electrons. The zero-order valence-electron chi connectivity index (χ0n) is 40.0. The fourth-order valence-corrected chi connectivity index (χ4v) is 7.75. The normalized spacial score (nSPS) is 13.6. The topological polar surface area (TPSA) is 108 Å². The van der Waals surface area contributed by atoms with Gasteiger partial charge in [0.2, 0.25) is 0 Å². The summed E-state index contributed by atoms with van der Waals surface area (Å²) in [5.74, 6) is -0.797. The Morgan fingerprint density at radius 3 is 1.23 bits per heavy atom. The Morgan fingerprint density at radius 2 is 0.850 bits per heavy atom. The van der Waals surface area contributed by atoms with Gasteiger partial charge in [-0.1, -0.05) is 179 Å². The van der Waals surface area contributed by atoms with Crippen LogP contribution in [0.3, 0.4) is 0 Å². The van der Waals surface area contributed by atoms with Crippen molar-refractivity contribution in [1.29, 1.82) is 0 Å². The molecule has 10 heteroatoms. The summed E-state index contributed by atoms with van der Waals surface area (Å²) < 4.78 is 34.4. The van der Waals surface area contributed by atoms with Gasteiger partial charge in [-0.15, -0.1) is 0 Å². The molecule has 0 radical (unpaired) electrons. The van der Waals surface area contributed by atoms with Crippen LogP contribution in [0.1, 0.15) is 232 Å². The third-order valence-corrected chi connectivity index (χ3v) is 11.9. The van der Waals surface area contributed by atoms with Crippen LogP contribution in [-0.2, 0) is 32.7 Å². The predicted molar refractivity (Wildman–Crippen MR) is 252 cm³/mol. The number of allylic oxidation sites excluding steroid dienone is 4. The molecule has 2 atom stereocenters. The first-order valence-electron chi connectivity index (χ1n) is 25.1. The van der Waals surface area contributed by atoms with E-state index in [4.69, 9.17) is 18.5 Å². The van der Waals surface area contributed by atoms with E-state index in [1.807, 2.05) is 21.1 Å². The standard InChI is InChI=1S/C50H96NO8P/c1-6-8-10-12-14-16-18-20-22-24-25-27-28-30-32-34-36-38-40-42-49(52)56-46-48(47-58-60(54,55)57-45-44-51(3,4)5)59-50(53)43-41-39-37-35-33-31-29-26-23-21-19-17-15-13-11-9-7-2/h20-23,48H,6-19,24-47H2,1-5H3/p+1/b22-20+,23-21+/t48-/m1/s1. The number of carbonyl (C=O) groups is 2. The number of hydrogen-bond donors (Lipinski definition) is 1. The van der Waals surface area contributed by atoms with Crippen molar-refractivity contribution in [2.75, 3.05) is 47.5 Å². The number of unbranched alkanes of at least 4 members (excludes halogenated alkanes) is 28. The van der Waals surface area contributed by atoms with Gasteiger partial charge in [-0.3, -0.25) is 18.6 Å². The van der Waals surface area contributed by atoms with Crippen molar-refractivity contribution in [2.45, 2.75) is 238 Å². The number of esters is 2. The highest BCUT2D eigenvalue weighted by Gasteiger charge is 2.27. The molecular formula is C50H97NO8P+. The highest BCUT2D eigenvalue weighted by Crippen LogP contribution is 2.43. The summed E-state index contributed by atoms with van der Waals surface area (Å²) in [5.41, 5.74) is 0. The van der Waals surface area contributed by atoms with Gasteiger partial charge in [-0.2, -0.15) is 0 Å². The van der Waals surface area contributed by atoms with Crippen LogP contribution in [0.2, 0.25) is 0 Å². The van der Waals surface area contributed by atoms with E-state index in [1.54, 1.807) is 0 Å². The summed E-state index contributed by atoms with van der Waals surface area (Å²) in [6.07, 6.45) is 47.9. The molecule has 0 spiro atoms. The van der Waals surface area contributed by atoms with Gasteiger partial charge in [0, 0.05) is 12.8 Å². The minimum absolute atomic E-state index is 0.0321. The van der Waals surface area contributed by atoms with E-state index in [2.05, 4.69) is 38.2 Å². The number of quaternary nitrogens is 1. The molecule has 0 aliphatic carbocycles. The van der Waals surface area contributed by atoms with Crippen LogP contribution in [0, 0.1) is 0 Å². The molecule has 0 aromatic carbocycles. The molecule has 0 fully saturated rings. The molecule has 1 unspecified atom stereocenters. The summed E-state index contributed by atoms with van der Waals surface area (Å²) >= 11 is 0. The lowest BCUT2D eigenvalue weighted by Crippen LogP contribution is -2.37. The van der Waals surface area contributed by atoms with Gasteiger partial charge >= 0.3 is 19.8 Å². The molecule has 9 nitrogen and oxygen atoms in total. The predicted octanol–water partition coefficient (Wildman–Crippen LogP) is 14.7. The number of ether oxygens (including phenoxy) is 2. The monoisotopic (exact) mass is 871 g/mol. The maximum absolute atomic E-state index is 12.7. The minimum atomic E-state index is -4.38. The number of likely N-dealkylation sites (N-methyl/N-ethyl adjacent to an activating group) is 1. The summed E-state index contributed by atoms with van der Waals surface area (Å²) in [4.78, 5) is 35.5. The van der Waals surface area contributed by atoms with E-state index in [1.165, 1.54) is 154 Å². The van der Waals surface area contributed by atoms with E-state index in [9.17, 15) is 19.0 Å². The number of rotatable bonds is 46. The average molecular weight is 871 g/mol. The lowest BCUT2D eigenvalue weighted by Gasteiger charge is -2.24. The average Bonchev–Trinajstić information content (AvgIpc) is 3.20. The van der Waals surface area contributed by atoms with Crippen LogP contribution in [0.25, 0.3) is 0 Å². The van der Waals surface area contributed by atoms with Gasteiger partial charge in [-0.05, 0) is 64.2 Å². The Morgan fingerprint density at radius 1 is 0.500 bits per heavy atom. The Hall–Kier alpha value is -1.51. The summed E-state index contributed by atoms with van der Waals surface area (Å²) in [5, 5.41) is 0. The molecule has 0 saturated heterocycles. The van der Waals surface area contributed by atoms with E-state index >= 15 is 0 Å². The van der Waals surface area contributed by atoms with Crippen LogP contribution < -0.4 is 0 Å². The van der Waals surface area contributed by atoms with Gasteiger partial charge in [0.25, 0.3) is 0 Å². The van der Waals surface area contributed by atoms with Crippen LogP contribution in [-0.4, -0.2) is 74.9 Å². The van der Waals surface area contributed by atoms with Crippen LogP contribution in [0.4, 0.5) is 0 Å². The second kappa shape index (κ2) is 42.8. The molecule has 60 heavy (non-hydrogen) atoms. The molecule has 0 rings (SSSR count). The number of phosphoric ester groups is 1. The summed E-state index contributed by atoms with van der Waals surface area (Å²) in [6, 6.07) is 0. The van der Waals surface area contributed by atoms with Crippen LogP contribution >= 0.6 is 7.82 Å². The molecule has 1 N–H and O–H groups in total. The SMILES string of the molecule is CCCCCCCC/C=C/CCCCCCCCCCCC(=O)OC[C@H](COP(=O)(O)OCC[N+](C)(C)C)OC(=O)CCCCCCCCC/C=C/CCCCCCCC. The number of nitrogens with zero attached hydrogens (tertiary/aromatic N) is 1. The molecule has 0 heterocycles. The lowest BCUT2D eigenvalue weighted by atomic mass is 10.1. The largest absolute Gasteiger partial charge is 0.472 e. The summed E-state index contributed by atoms with van der Waals surface area (Å²) in [6.45, 7) is 4.44. The van der Waals surface area contributed by atoms with Crippen molar-refractivity contribution in [3.05, 3.63) is 24.3 Å². The zero-order chi connectivity index (χ0) is 44.3. The first kappa shape index (κ1) is 58.5. The van der Waals surface area contributed by atoms with E-state index < -0.39 is 26.5 Å². The first-order valence-corrected chi connectivity index (χ1v) is 26.6. The summed E-state index contributed by atoms with van der Waals surface area (Å²) in [7, 11) is 1.48. The molecule has 0 amide bonds. The lowest BCUT2D eigenvalue weighted by molar-refractivity contribution is -0.870. The van der Waals surface area contributed by atoms with Gasteiger partial charge in [-0.25, -0.2) is 4.57 Å². The molecule has 0 aliphatic heterocycles. The molecular weight excluding hydrogens is 774 g/mol. The second-order valence-corrected chi connectivity index (χ2v) is 19.6. The van der Waals surface area contributed by atoms with E-state index in [0.717, 1.165) is 44.9 Å². The highest BCUT2D eigenvalue weighted by molar-refractivity contribution is 7.47. The molecule has 0 aliphatic rings. The van der Waals surface area contributed by atoms with Crippen LogP contribution in [0.5, 0.6) is 0 Å². The van der Waals surface area contributed by atoms with Gasteiger partial charge in [0.15, 0.2) is 6.10 Å². The zero-order valence-corrected chi connectivity index (χ0v) is 40.9. The third-order valence-electron chi connectivity index (χ3n) is 11.0. The Balaban J connectivity index is 4.26. The van der Waals surface area contributed by atoms with E-state index in [0.29, 0.717) is 17.4 Å². The van der Waals surface area contributed by atoms with Crippen molar-refractivity contribution in [3.63, 3.8) is 0 Å². The molecule has 0 bridgehead atoms. The van der Waals surface area contributed by atoms with Crippen molar-refractivity contribution < 1.29 is 42.1 Å². The number of carbonyl (C=O) groups excluding carboxylic acids is 2. The maximum Gasteiger partial charge on any atom is 0.472 e. The fraction of sp³-hybridized carbons (Fsp3) is 0.880. The fourth-order valence-electron chi connectivity index (χ4n) is 7.00. The van der Waals surface area contributed by atoms with E-state index in [-0.39, 0.29) is 32.0 Å². The number of hydrogen-bond acceptors (Lipinski definition) is 7. The van der Waals surface area contributed by atoms with Crippen molar-refractivity contribution in [1.82, 2.24) is 0 Å². The Labute approximate surface area is 370 Å². The smallest absolute Gasteiger partial charge is 0.462 e. The quantitative estimate of drug-likeness (QED) is 0.0212. The van der Waals surface area contributed by atoms with Crippen molar-refractivity contribution >= 4 is 19.8 Å². The molecule has 0 saturated carbocycles. The van der Waals surface area contributed by atoms with Gasteiger partial charge < -0.3 is 18.9 Å². The minimum Gasteiger partial charge on any atom is -0.462 e. The third kappa shape index (κ3) is 46.0. The second-order valence-electron chi connectivity index (χ2n) is 18.2. The Bertz CT molecular complexity index is 1070. The molecule has 0 aromatic rings. The van der Waals surface area contributed by atoms with Gasteiger partial charge in [0.1, 0.15) is 19.8 Å².